The van der Waals surface area contributed by atoms with Crippen LogP contribution in [0, 0.1) is 12.3 Å². The third kappa shape index (κ3) is 4.44. The lowest BCUT2D eigenvalue weighted by atomic mass is 10.1. The highest BCUT2D eigenvalue weighted by molar-refractivity contribution is 5.61. The van der Waals surface area contributed by atoms with E-state index in [1.165, 1.54) is 0 Å². The molecule has 1 aromatic carbocycles. The average molecular weight is 244 g/mol. The normalized spacial score (nSPS) is 11.4. The minimum Gasteiger partial charge on any atom is -0.372 e. The van der Waals surface area contributed by atoms with E-state index >= 15 is 0 Å². The van der Waals surface area contributed by atoms with Gasteiger partial charge in [-0.15, -0.1) is 0 Å². The number of hydrogen-bond acceptors (Lipinski definition) is 2. The van der Waals surface area contributed by atoms with Crippen LogP contribution in [0.5, 0.6) is 0 Å². The SMILES string of the molecule is CCCN(C)[C]=C(c1[c]cccc1)N(C)CCC. The van der Waals surface area contributed by atoms with Crippen molar-refractivity contribution >= 4 is 5.70 Å². The van der Waals surface area contributed by atoms with Crippen molar-refractivity contribution in [2.24, 2.45) is 0 Å². The van der Waals surface area contributed by atoms with E-state index in [-0.39, 0.29) is 0 Å². The molecule has 2 nitrogen and oxygen atoms in total. The third-order valence-corrected chi connectivity index (χ3v) is 2.76. The number of nitrogens with zero attached hydrogens (tertiary/aromatic N) is 2. The van der Waals surface area contributed by atoms with Gasteiger partial charge in [0.2, 0.25) is 0 Å². The summed E-state index contributed by atoms with van der Waals surface area (Å²) in [6.45, 7) is 6.43. The molecule has 0 aliphatic heterocycles. The quantitative estimate of drug-likeness (QED) is 0.679. The molecular weight excluding hydrogens is 220 g/mol. The molecular formula is C16H24N2. The van der Waals surface area contributed by atoms with Crippen molar-refractivity contribution in [3.8, 4) is 0 Å². The Labute approximate surface area is 112 Å². The molecule has 18 heavy (non-hydrogen) atoms. The van der Waals surface area contributed by atoms with Crippen molar-refractivity contribution in [1.29, 1.82) is 0 Å². The summed E-state index contributed by atoms with van der Waals surface area (Å²) in [7, 11) is 4.19. The van der Waals surface area contributed by atoms with Crippen LogP contribution in [0.3, 0.4) is 0 Å². The Hall–Kier alpha value is -1.44. The molecule has 0 amide bonds. The molecule has 0 saturated heterocycles. The summed E-state index contributed by atoms with van der Waals surface area (Å²) in [5, 5.41) is 0. The summed E-state index contributed by atoms with van der Waals surface area (Å²) in [5.41, 5.74) is 2.23. The first-order valence-corrected chi connectivity index (χ1v) is 6.72. The van der Waals surface area contributed by atoms with Gasteiger partial charge in [0.05, 0.1) is 11.9 Å². The minimum atomic E-state index is 1.02. The maximum atomic E-state index is 3.46. The molecule has 0 atom stereocenters. The molecule has 98 valence electrons. The Morgan fingerprint density at radius 2 is 1.89 bits per heavy atom. The van der Waals surface area contributed by atoms with E-state index in [4.69, 9.17) is 0 Å². The van der Waals surface area contributed by atoms with E-state index < -0.39 is 0 Å². The molecule has 2 radical (unpaired) electrons. The van der Waals surface area contributed by atoms with Gasteiger partial charge in [0.25, 0.3) is 0 Å². The molecule has 1 rings (SSSR count). The molecule has 0 aromatic heterocycles. The second-order valence-electron chi connectivity index (χ2n) is 4.58. The van der Waals surface area contributed by atoms with Crippen molar-refractivity contribution in [3.05, 3.63) is 42.1 Å². The lowest BCUT2D eigenvalue weighted by molar-refractivity contribution is 0.413. The van der Waals surface area contributed by atoms with E-state index in [1.807, 2.05) is 18.2 Å². The van der Waals surface area contributed by atoms with E-state index in [1.54, 1.807) is 0 Å². The van der Waals surface area contributed by atoms with Crippen LogP contribution in [0.1, 0.15) is 32.3 Å². The van der Waals surface area contributed by atoms with E-state index in [9.17, 15) is 0 Å². The van der Waals surface area contributed by atoms with E-state index in [0.717, 1.165) is 37.2 Å². The second kappa shape index (κ2) is 7.80. The Bertz CT molecular complexity index is 357. The van der Waals surface area contributed by atoms with Gasteiger partial charge in [-0.25, -0.2) is 0 Å². The van der Waals surface area contributed by atoms with Crippen molar-refractivity contribution in [2.45, 2.75) is 26.7 Å². The molecule has 0 unspecified atom stereocenters. The van der Waals surface area contributed by atoms with Crippen LogP contribution in [0.4, 0.5) is 0 Å². The third-order valence-electron chi connectivity index (χ3n) is 2.76. The first-order chi connectivity index (χ1) is 8.69. The zero-order chi connectivity index (χ0) is 13.4. The average Bonchev–Trinajstić information content (AvgIpc) is 2.37. The van der Waals surface area contributed by atoms with Gasteiger partial charge < -0.3 is 9.80 Å². The first kappa shape index (κ1) is 14.6. The van der Waals surface area contributed by atoms with Gasteiger partial charge in [-0.05, 0) is 18.9 Å². The van der Waals surface area contributed by atoms with Crippen LogP contribution in [0.25, 0.3) is 5.70 Å². The maximum Gasteiger partial charge on any atom is 0.0867 e. The molecule has 0 saturated carbocycles. The number of benzene rings is 1. The standard InChI is InChI=1S/C16H24N2/c1-5-12-17(3)14-16(18(4)13-6-2)15-10-8-7-9-11-15/h7-10H,5-6,12-13H2,1-4H3. The number of rotatable bonds is 7. The lowest BCUT2D eigenvalue weighted by Crippen LogP contribution is -2.22. The fourth-order valence-electron chi connectivity index (χ4n) is 1.91. The maximum absolute atomic E-state index is 3.46. The van der Waals surface area contributed by atoms with Crippen LogP contribution in [-0.2, 0) is 0 Å². The van der Waals surface area contributed by atoms with Gasteiger partial charge in [0.1, 0.15) is 0 Å². The smallest absolute Gasteiger partial charge is 0.0867 e. The molecule has 0 bridgehead atoms. The predicted molar refractivity (Wildman–Crippen MR) is 77.8 cm³/mol. The lowest BCUT2D eigenvalue weighted by Gasteiger charge is -2.24. The fraction of sp³-hybridized carbons (Fsp3) is 0.500. The highest BCUT2D eigenvalue weighted by Gasteiger charge is 2.08. The Balaban J connectivity index is 2.95. The fourth-order valence-corrected chi connectivity index (χ4v) is 1.91. The second-order valence-corrected chi connectivity index (χ2v) is 4.58. The topological polar surface area (TPSA) is 6.48 Å². The van der Waals surface area contributed by atoms with Gasteiger partial charge in [0.15, 0.2) is 0 Å². The number of hydrogen-bond donors (Lipinski definition) is 0. The van der Waals surface area contributed by atoms with Crippen molar-refractivity contribution in [3.63, 3.8) is 0 Å². The summed E-state index contributed by atoms with van der Waals surface area (Å²) >= 11 is 0. The summed E-state index contributed by atoms with van der Waals surface area (Å²) in [6, 6.07) is 11.4. The molecule has 0 fully saturated rings. The Morgan fingerprint density at radius 1 is 1.17 bits per heavy atom. The Morgan fingerprint density at radius 3 is 2.44 bits per heavy atom. The van der Waals surface area contributed by atoms with E-state index in [0.29, 0.717) is 0 Å². The highest BCUT2D eigenvalue weighted by Crippen LogP contribution is 2.17. The molecule has 0 aliphatic carbocycles. The Kier molecular flexibility index (Phi) is 6.34. The van der Waals surface area contributed by atoms with Crippen LogP contribution in [-0.4, -0.2) is 37.0 Å². The van der Waals surface area contributed by atoms with Crippen LogP contribution in [0.15, 0.2) is 24.3 Å². The summed E-state index contributed by atoms with van der Waals surface area (Å²) in [5.74, 6) is 0. The van der Waals surface area contributed by atoms with Gasteiger partial charge >= 0.3 is 0 Å². The van der Waals surface area contributed by atoms with Crippen molar-refractivity contribution in [2.75, 3.05) is 27.2 Å². The summed E-state index contributed by atoms with van der Waals surface area (Å²) in [6.07, 6.45) is 5.73. The molecule has 2 heteroatoms. The molecule has 1 aromatic rings. The molecule has 0 spiro atoms. The molecule has 0 aliphatic rings. The first-order valence-electron chi connectivity index (χ1n) is 6.72. The minimum absolute atomic E-state index is 1.02. The summed E-state index contributed by atoms with van der Waals surface area (Å²) < 4.78 is 0. The van der Waals surface area contributed by atoms with Crippen LogP contribution < -0.4 is 0 Å². The summed E-state index contributed by atoms with van der Waals surface area (Å²) in [4.78, 5) is 4.38. The molecule has 0 heterocycles. The van der Waals surface area contributed by atoms with Gasteiger partial charge in [-0.3, -0.25) is 0 Å². The zero-order valence-electron chi connectivity index (χ0n) is 12.0. The van der Waals surface area contributed by atoms with Gasteiger partial charge in [0, 0.05) is 32.7 Å². The largest absolute Gasteiger partial charge is 0.372 e. The van der Waals surface area contributed by atoms with Gasteiger partial charge in [-0.1, -0.05) is 38.1 Å². The van der Waals surface area contributed by atoms with E-state index in [2.05, 4.69) is 56.1 Å². The van der Waals surface area contributed by atoms with Crippen LogP contribution >= 0.6 is 0 Å². The van der Waals surface area contributed by atoms with Crippen LogP contribution in [0.2, 0.25) is 0 Å². The highest BCUT2D eigenvalue weighted by atomic mass is 15.1. The van der Waals surface area contributed by atoms with Gasteiger partial charge in [-0.2, -0.15) is 0 Å². The van der Waals surface area contributed by atoms with Crippen molar-refractivity contribution < 1.29 is 0 Å². The van der Waals surface area contributed by atoms with Crippen molar-refractivity contribution in [1.82, 2.24) is 9.80 Å². The zero-order valence-corrected chi connectivity index (χ0v) is 12.0. The monoisotopic (exact) mass is 244 g/mol. The predicted octanol–water partition coefficient (Wildman–Crippen LogP) is 3.27. The molecule has 0 N–H and O–H groups in total.